The lowest BCUT2D eigenvalue weighted by Gasteiger charge is -2.45. The number of nitrogens with one attached hydrogen (secondary N) is 2. The number of amides is 2. The highest BCUT2D eigenvalue weighted by atomic mass is 32.1. The van der Waals surface area contributed by atoms with E-state index in [0.717, 1.165) is 30.5 Å². The van der Waals surface area contributed by atoms with Crippen LogP contribution in [-0.4, -0.2) is 59.5 Å². The first-order chi connectivity index (χ1) is 20.3. The van der Waals surface area contributed by atoms with Crippen LogP contribution in [0.1, 0.15) is 49.3 Å². The summed E-state index contributed by atoms with van der Waals surface area (Å²) in [6.45, 7) is 0.518. The van der Waals surface area contributed by atoms with Gasteiger partial charge in [0.2, 0.25) is 11.8 Å². The van der Waals surface area contributed by atoms with Gasteiger partial charge in [-0.25, -0.2) is 4.39 Å². The van der Waals surface area contributed by atoms with Gasteiger partial charge in [0.25, 0.3) is 0 Å². The lowest BCUT2D eigenvalue weighted by atomic mass is 9.78. The molecule has 2 amide bonds. The standard InChI is InChI=1S/C33H38FN5O2S/c1-37(2)27-17-15-26(16-18-27)35-31(41)33(19-9-4-10-20-33)39(21-25-13-7-8-14-28(25)34)30(40)23-38-22-29(36-32(38)42)24-11-5-3-6-12-24/h3,5-8,11-18,29H,4,9-10,19-23H2,1-2H3,(H,35,41)(H,36,42)/t29-/m1/s1. The molecule has 0 bridgehead atoms. The van der Waals surface area contributed by atoms with Gasteiger partial charge in [-0.05, 0) is 61.0 Å². The Morgan fingerprint density at radius 2 is 1.64 bits per heavy atom. The van der Waals surface area contributed by atoms with Gasteiger partial charge in [-0.1, -0.05) is 67.8 Å². The largest absolute Gasteiger partial charge is 0.378 e. The molecular weight excluding hydrogens is 549 g/mol. The predicted octanol–water partition coefficient (Wildman–Crippen LogP) is 5.49. The second kappa shape index (κ2) is 12.9. The minimum absolute atomic E-state index is 0.00379. The molecule has 42 heavy (non-hydrogen) atoms. The van der Waals surface area contributed by atoms with Crippen LogP contribution in [0.4, 0.5) is 15.8 Å². The van der Waals surface area contributed by atoms with Gasteiger partial charge >= 0.3 is 0 Å². The zero-order valence-corrected chi connectivity index (χ0v) is 25.0. The lowest BCUT2D eigenvalue weighted by molar-refractivity contribution is -0.149. The lowest BCUT2D eigenvalue weighted by Crippen LogP contribution is -2.61. The van der Waals surface area contributed by atoms with Crippen molar-refractivity contribution in [1.82, 2.24) is 15.1 Å². The van der Waals surface area contributed by atoms with Crippen LogP contribution in [0.25, 0.3) is 0 Å². The van der Waals surface area contributed by atoms with Crippen LogP contribution in [0.3, 0.4) is 0 Å². The second-order valence-electron chi connectivity index (χ2n) is 11.4. The summed E-state index contributed by atoms with van der Waals surface area (Å²) in [6, 6.07) is 24.0. The Morgan fingerprint density at radius 3 is 2.31 bits per heavy atom. The number of rotatable bonds is 9. The molecule has 5 rings (SSSR count). The Bertz CT molecular complexity index is 1410. The van der Waals surface area contributed by atoms with Crippen molar-refractivity contribution in [3.05, 3.63) is 95.8 Å². The van der Waals surface area contributed by atoms with Crippen molar-refractivity contribution in [3.63, 3.8) is 0 Å². The number of benzene rings is 3. The monoisotopic (exact) mass is 587 g/mol. The van der Waals surface area contributed by atoms with Crippen LogP contribution in [0.15, 0.2) is 78.9 Å². The van der Waals surface area contributed by atoms with Crippen molar-refractivity contribution in [3.8, 4) is 0 Å². The summed E-state index contributed by atoms with van der Waals surface area (Å²) in [5, 5.41) is 6.90. The summed E-state index contributed by atoms with van der Waals surface area (Å²) in [5.74, 6) is -0.895. The van der Waals surface area contributed by atoms with E-state index in [1.807, 2.05) is 78.5 Å². The third kappa shape index (κ3) is 6.41. The van der Waals surface area contributed by atoms with Gasteiger partial charge in [0.15, 0.2) is 5.11 Å². The van der Waals surface area contributed by atoms with Crippen LogP contribution in [0, 0.1) is 5.82 Å². The molecule has 1 aliphatic heterocycles. The zero-order valence-electron chi connectivity index (χ0n) is 24.2. The van der Waals surface area contributed by atoms with E-state index < -0.39 is 11.4 Å². The number of carbonyl (C=O) groups excluding carboxylic acids is 2. The van der Waals surface area contributed by atoms with Crippen LogP contribution in [0.2, 0.25) is 0 Å². The minimum atomic E-state index is -1.12. The molecule has 7 nitrogen and oxygen atoms in total. The molecule has 1 aliphatic carbocycles. The highest BCUT2D eigenvalue weighted by Crippen LogP contribution is 2.37. The van der Waals surface area contributed by atoms with E-state index in [-0.39, 0.29) is 30.9 Å². The van der Waals surface area contributed by atoms with Crippen LogP contribution in [-0.2, 0) is 16.1 Å². The van der Waals surface area contributed by atoms with Gasteiger partial charge in [-0.15, -0.1) is 0 Å². The number of hydrogen-bond donors (Lipinski definition) is 2. The quantitative estimate of drug-likeness (QED) is 0.323. The third-order valence-electron chi connectivity index (χ3n) is 8.36. The smallest absolute Gasteiger partial charge is 0.250 e. The van der Waals surface area contributed by atoms with Crippen LogP contribution >= 0.6 is 12.2 Å². The molecule has 0 radical (unpaired) electrons. The maximum absolute atomic E-state index is 15.0. The molecule has 1 heterocycles. The molecule has 2 N–H and O–H groups in total. The molecule has 0 unspecified atom stereocenters. The molecular formula is C33H38FN5O2S. The Hall–Kier alpha value is -3.98. The fraction of sp³-hybridized carbons (Fsp3) is 0.364. The number of thiocarbonyl (C=S) groups is 1. The summed E-state index contributed by atoms with van der Waals surface area (Å²) in [6.07, 6.45) is 3.59. The summed E-state index contributed by atoms with van der Waals surface area (Å²) in [5.41, 5.74) is 2.01. The third-order valence-corrected chi connectivity index (χ3v) is 8.74. The topological polar surface area (TPSA) is 67.9 Å². The van der Waals surface area contributed by atoms with Crippen LogP contribution < -0.4 is 15.5 Å². The van der Waals surface area contributed by atoms with Gasteiger partial charge < -0.3 is 25.3 Å². The van der Waals surface area contributed by atoms with Crippen molar-refractivity contribution < 1.29 is 14.0 Å². The van der Waals surface area contributed by atoms with Gasteiger partial charge in [0.05, 0.1) is 12.6 Å². The highest BCUT2D eigenvalue weighted by molar-refractivity contribution is 7.80. The van der Waals surface area contributed by atoms with E-state index in [4.69, 9.17) is 12.2 Å². The molecule has 9 heteroatoms. The van der Waals surface area contributed by atoms with Gasteiger partial charge in [-0.3, -0.25) is 9.59 Å². The minimum Gasteiger partial charge on any atom is -0.378 e. The van der Waals surface area contributed by atoms with Crippen molar-refractivity contribution in [2.45, 2.75) is 50.2 Å². The fourth-order valence-electron chi connectivity index (χ4n) is 5.97. The average molecular weight is 588 g/mol. The molecule has 3 aromatic carbocycles. The number of carbonyl (C=O) groups is 2. The molecule has 3 aromatic rings. The molecule has 0 aromatic heterocycles. The van der Waals surface area contributed by atoms with Crippen LogP contribution in [0.5, 0.6) is 0 Å². The summed E-state index contributed by atoms with van der Waals surface area (Å²) < 4.78 is 15.0. The van der Waals surface area contributed by atoms with Crippen molar-refractivity contribution in [2.24, 2.45) is 0 Å². The highest BCUT2D eigenvalue weighted by Gasteiger charge is 2.47. The first-order valence-corrected chi connectivity index (χ1v) is 14.9. The first kappa shape index (κ1) is 29.5. The molecule has 2 aliphatic rings. The predicted molar refractivity (Wildman–Crippen MR) is 169 cm³/mol. The average Bonchev–Trinajstić information content (AvgIpc) is 3.37. The van der Waals surface area contributed by atoms with E-state index in [0.29, 0.717) is 35.7 Å². The zero-order chi connectivity index (χ0) is 29.7. The van der Waals surface area contributed by atoms with Gasteiger partial charge in [0.1, 0.15) is 11.4 Å². The van der Waals surface area contributed by atoms with Gasteiger partial charge in [-0.2, -0.15) is 0 Å². The van der Waals surface area contributed by atoms with E-state index in [1.165, 1.54) is 6.07 Å². The molecule has 220 valence electrons. The fourth-order valence-corrected chi connectivity index (χ4v) is 6.25. The number of nitrogens with zero attached hydrogens (tertiary/aromatic N) is 3. The Balaban J connectivity index is 1.44. The summed E-state index contributed by atoms with van der Waals surface area (Å²) in [4.78, 5) is 33.9. The SMILES string of the molecule is CN(C)c1ccc(NC(=O)C2(N(Cc3ccccc3F)C(=O)CN3C[C@H](c4ccccc4)NC3=S)CCCCC2)cc1. The normalized spacial score (nSPS) is 17.8. The molecule has 0 spiro atoms. The Kier molecular flexibility index (Phi) is 9.06. The van der Waals surface area contributed by atoms with E-state index in [2.05, 4.69) is 10.6 Å². The number of anilines is 2. The Morgan fingerprint density at radius 1 is 0.976 bits per heavy atom. The maximum atomic E-state index is 15.0. The molecule has 1 saturated carbocycles. The Labute approximate surface area is 252 Å². The van der Waals surface area contributed by atoms with E-state index >= 15 is 0 Å². The number of hydrogen-bond acceptors (Lipinski definition) is 4. The second-order valence-corrected chi connectivity index (χ2v) is 11.7. The summed E-state index contributed by atoms with van der Waals surface area (Å²) in [7, 11) is 3.92. The van der Waals surface area contributed by atoms with Crippen molar-refractivity contribution in [2.75, 3.05) is 37.4 Å². The maximum Gasteiger partial charge on any atom is 0.250 e. The van der Waals surface area contributed by atoms with Gasteiger partial charge in [0, 0.05) is 44.1 Å². The summed E-state index contributed by atoms with van der Waals surface area (Å²) >= 11 is 5.63. The molecule has 1 saturated heterocycles. The molecule has 2 fully saturated rings. The van der Waals surface area contributed by atoms with Crippen molar-refractivity contribution >= 4 is 40.5 Å². The first-order valence-electron chi connectivity index (χ1n) is 14.5. The van der Waals surface area contributed by atoms with E-state index in [9.17, 15) is 14.0 Å². The van der Waals surface area contributed by atoms with Crippen molar-refractivity contribution in [1.29, 1.82) is 0 Å². The number of halogens is 1. The molecule has 1 atom stereocenters. The van der Waals surface area contributed by atoms with E-state index in [1.54, 1.807) is 23.1 Å².